The lowest BCUT2D eigenvalue weighted by Crippen LogP contribution is -2.03. The van der Waals surface area contributed by atoms with Crippen LogP contribution in [-0.4, -0.2) is 21.9 Å². The lowest BCUT2D eigenvalue weighted by Gasteiger charge is -2.14. The molecule has 3 aromatic carbocycles. The minimum absolute atomic E-state index is 0.332. The summed E-state index contributed by atoms with van der Waals surface area (Å²) in [6, 6.07) is 20.4. The third-order valence-electron chi connectivity index (χ3n) is 4.74. The Morgan fingerprint density at radius 1 is 1.00 bits per heavy atom. The molecule has 4 rings (SSSR count). The van der Waals surface area contributed by atoms with E-state index in [9.17, 15) is 4.39 Å². The lowest BCUT2D eigenvalue weighted by atomic mass is 10.1. The van der Waals surface area contributed by atoms with E-state index in [4.69, 9.17) is 16.3 Å². The maximum absolute atomic E-state index is 14.3. The van der Waals surface area contributed by atoms with Crippen LogP contribution in [0.1, 0.15) is 11.1 Å². The van der Waals surface area contributed by atoms with Gasteiger partial charge in [0.1, 0.15) is 11.6 Å². The molecule has 0 fully saturated rings. The van der Waals surface area contributed by atoms with Gasteiger partial charge < -0.3 is 4.74 Å². The SMILES string of the molecule is COc1ccccc1-c1nnc(SCc2c(F)cccc2Cl)n1-c1ccccc1C. The molecule has 0 atom stereocenters. The quantitative estimate of drug-likeness (QED) is 0.329. The number of ether oxygens (including phenoxy) is 1. The summed E-state index contributed by atoms with van der Waals surface area (Å²) in [5.41, 5.74) is 3.29. The fourth-order valence-electron chi connectivity index (χ4n) is 3.21. The highest BCUT2D eigenvalue weighted by Crippen LogP contribution is 2.35. The minimum atomic E-state index is -0.332. The molecule has 4 nitrogen and oxygen atoms in total. The van der Waals surface area contributed by atoms with E-state index in [0.29, 0.717) is 33.1 Å². The summed E-state index contributed by atoms with van der Waals surface area (Å²) in [7, 11) is 1.63. The van der Waals surface area contributed by atoms with Crippen LogP contribution in [0.15, 0.2) is 71.9 Å². The zero-order valence-corrected chi connectivity index (χ0v) is 18.0. The van der Waals surface area contributed by atoms with Crippen LogP contribution in [0.3, 0.4) is 0 Å². The largest absolute Gasteiger partial charge is 0.496 e. The van der Waals surface area contributed by atoms with E-state index in [0.717, 1.165) is 16.8 Å². The van der Waals surface area contributed by atoms with Gasteiger partial charge in [-0.05, 0) is 42.8 Å². The molecule has 0 spiro atoms. The van der Waals surface area contributed by atoms with E-state index in [1.54, 1.807) is 19.2 Å². The summed E-state index contributed by atoms with van der Waals surface area (Å²) < 4.78 is 21.8. The first-order valence-electron chi connectivity index (χ1n) is 9.30. The van der Waals surface area contributed by atoms with E-state index >= 15 is 0 Å². The molecule has 1 aromatic heterocycles. The Hall–Kier alpha value is -2.83. The van der Waals surface area contributed by atoms with Crippen molar-refractivity contribution in [3.8, 4) is 22.8 Å². The van der Waals surface area contributed by atoms with Gasteiger partial charge in [0.05, 0.1) is 18.4 Å². The number of hydrogen-bond donors (Lipinski definition) is 0. The predicted molar refractivity (Wildman–Crippen MR) is 119 cm³/mol. The third kappa shape index (κ3) is 3.93. The number of nitrogens with zero attached hydrogens (tertiary/aromatic N) is 3. The number of methoxy groups -OCH3 is 1. The van der Waals surface area contributed by atoms with Crippen LogP contribution in [0.25, 0.3) is 17.1 Å². The second kappa shape index (κ2) is 8.90. The summed E-state index contributed by atoms with van der Waals surface area (Å²) in [6.07, 6.45) is 0. The number of hydrogen-bond acceptors (Lipinski definition) is 4. The second-order valence-electron chi connectivity index (χ2n) is 6.62. The molecule has 152 valence electrons. The number of benzene rings is 3. The number of halogens is 2. The number of thioether (sulfide) groups is 1. The predicted octanol–water partition coefficient (Wildman–Crippen LogP) is 6.34. The van der Waals surface area contributed by atoms with Crippen LogP contribution in [0.2, 0.25) is 5.02 Å². The van der Waals surface area contributed by atoms with Gasteiger partial charge in [-0.3, -0.25) is 4.57 Å². The summed E-state index contributed by atoms with van der Waals surface area (Å²) in [5, 5.41) is 9.91. The van der Waals surface area contributed by atoms with Crippen LogP contribution in [0.4, 0.5) is 4.39 Å². The van der Waals surface area contributed by atoms with Crippen molar-refractivity contribution in [2.24, 2.45) is 0 Å². The smallest absolute Gasteiger partial charge is 0.196 e. The molecule has 0 radical (unpaired) electrons. The maximum Gasteiger partial charge on any atom is 0.196 e. The topological polar surface area (TPSA) is 39.9 Å². The van der Waals surface area contributed by atoms with Gasteiger partial charge in [0, 0.05) is 16.3 Å². The first kappa shape index (κ1) is 20.4. The molecule has 0 aliphatic rings. The number of para-hydroxylation sites is 2. The van der Waals surface area contributed by atoms with Crippen molar-refractivity contribution in [3.05, 3.63) is 88.7 Å². The Kier molecular flexibility index (Phi) is 6.06. The summed E-state index contributed by atoms with van der Waals surface area (Å²) in [4.78, 5) is 0. The Bertz CT molecular complexity index is 1170. The molecule has 0 aliphatic heterocycles. The molecule has 0 saturated carbocycles. The van der Waals surface area contributed by atoms with Crippen LogP contribution in [-0.2, 0) is 5.75 Å². The van der Waals surface area contributed by atoms with Crippen molar-refractivity contribution >= 4 is 23.4 Å². The van der Waals surface area contributed by atoms with Crippen molar-refractivity contribution in [2.45, 2.75) is 17.8 Å². The number of aryl methyl sites for hydroxylation is 1. The Morgan fingerprint density at radius 3 is 2.53 bits per heavy atom. The standard InChI is InChI=1S/C23H19ClFN3OS/c1-15-8-3-5-12-20(15)28-22(16-9-4-6-13-21(16)29-2)26-27-23(28)30-14-17-18(24)10-7-11-19(17)25/h3-13H,14H2,1-2H3. The molecule has 0 amide bonds. The second-order valence-corrected chi connectivity index (χ2v) is 7.97. The number of rotatable bonds is 6. The molecular weight excluding hydrogens is 421 g/mol. The van der Waals surface area contributed by atoms with E-state index < -0.39 is 0 Å². The fraction of sp³-hybridized carbons (Fsp3) is 0.130. The average Bonchev–Trinajstić information content (AvgIpc) is 3.17. The zero-order valence-electron chi connectivity index (χ0n) is 16.5. The molecule has 0 N–H and O–H groups in total. The average molecular weight is 440 g/mol. The maximum atomic E-state index is 14.3. The highest BCUT2D eigenvalue weighted by Gasteiger charge is 2.20. The first-order valence-corrected chi connectivity index (χ1v) is 10.7. The van der Waals surface area contributed by atoms with Gasteiger partial charge in [-0.2, -0.15) is 0 Å². The van der Waals surface area contributed by atoms with Gasteiger partial charge in [0.25, 0.3) is 0 Å². The normalized spacial score (nSPS) is 10.9. The summed E-state index contributed by atoms with van der Waals surface area (Å²) >= 11 is 7.59. The molecule has 7 heteroatoms. The molecule has 30 heavy (non-hydrogen) atoms. The van der Waals surface area contributed by atoms with Gasteiger partial charge in [-0.15, -0.1) is 10.2 Å². The van der Waals surface area contributed by atoms with Gasteiger partial charge in [-0.25, -0.2) is 4.39 Å². The van der Waals surface area contributed by atoms with Crippen molar-refractivity contribution in [1.82, 2.24) is 14.8 Å². The first-order chi connectivity index (χ1) is 14.6. The van der Waals surface area contributed by atoms with E-state index in [1.165, 1.54) is 17.8 Å². The Balaban J connectivity index is 1.82. The molecule has 0 bridgehead atoms. The Labute approximate surface area is 183 Å². The highest BCUT2D eigenvalue weighted by molar-refractivity contribution is 7.98. The minimum Gasteiger partial charge on any atom is -0.496 e. The van der Waals surface area contributed by atoms with E-state index in [1.807, 2.05) is 60.0 Å². The molecule has 1 heterocycles. The van der Waals surface area contributed by atoms with Crippen LogP contribution < -0.4 is 4.74 Å². The van der Waals surface area contributed by atoms with Gasteiger partial charge in [-0.1, -0.05) is 59.8 Å². The highest BCUT2D eigenvalue weighted by atomic mass is 35.5. The summed E-state index contributed by atoms with van der Waals surface area (Å²) in [6.45, 7) is 2.03. The van der Waals surface area contributed by atoms with Crippen molar-refractivity contribution < 1.29 is 9.13 Å². The lowest BCUT2D eigenvalue weighted by molar-refractivity contribution is 0.416. The van der Waals surface area contributed by atoms with Crippen LogP contribution in [0.5, 0.6) is 5.75 Å². The van der Waals surface area contributed by atoms with Gasteiger partial charge in [0.15, 0.2) is 11.0 Å². The molecule has 0 unspecified atom stereocenters. The third-order valence-corrected chi connectivity index (χ3v) is 6.05. The van der Waals surface area contributed by atoms with Gasteiger partial charge in [0.2, 0.25) is 0 Å². The van der Waals surface area contributed by atoms with E-state index in [-0.39, 0.29) is 5.82 Å². The molecule has 0 saturated heterocycles. The summed E-state index contributed by atoms with van der Waals surface area (Å²) in [5.74, 6) is 1.36. The fourth-order valence-corrected chi connectivity index (χ4v) is 4.49. The molecule has 0 aliphatic carbocycles. The Morgan fingerprint density at radius 2 is 1.77 bits per heavy atom. The van der Waals surface area contributed by atoms with Crippen molar-refractivity contribution in [1.29, 1.82) is 0 Å². The molecular formula is C23H19ClFN3OS. The van der Waals surface area contributed by atoms with Crippen LogP contribution >= 0.6 is 23.4 Å². The van der Waals surface area contributed by atoms with Gasteiger partial charge >= 0.3 is 0 Å². The monoisotopic (exact) mass is 439 g/mol. The zero-order chi connectivity index (χ0) is 21.1. The van der Waals surface area contributed by atoms with Crippen molar-refractivity contribution in [3.63, 3.8) is 0 Å². The number of aromatic nitrogens is 3. The van der Waals surface area contributed by atoms with E-state index in [2.05, 4.69) is 10.2 Å². The molecule has 4 aromatic rings. The van der Waals surface area contributed by atoms with Crippen molar-refractivity contribution in [2.75, 3.05) is 7.11 Å². The van der Waals surface area contributed by atoms with Crippen LogP contribution in [0, 0.1) is 12.7 Å².